The van der Waals surface area contributed by atoms with Crippen LogP contribution < -0.4 is 10.6 Å². The Morgan fingerprint density at radius 1 is 0.343 bits per heavy atom. The van der Waals surface area contributed by atoms with Crippen molar-refractivity contribution in [2.75, 3.05) is 19.8 Å². The van der Waals surface area contributed by atoms with Crippen LogP contribution in [0.3, 0.4) is 0 Å². The van der Waals surface area contributed by atoms with Gasteiger partial charge in [-0.15, -0.1) is 0 Å². The third-order valence-electron chi connectivity index (χ3n) is 9.34. The van der Waals surface area contributed by atoms with Crippen LogP contribution in [-0.4, -0.2) is 177 Å². The van der Waals surface area contributed by atoms with Crippen LogP contribution in [0.4, 0.5) is 0 Å². The SMILES string of the molecule is CC(=O)NC1C(OCC2OC(OC(C)=O)C(OC3OC(COC(C)=O)C(OC(C)=O)C(OC(C)=O)C3NC(C)=O)C(OC(C)=O)C2OC(C)=O)OC(COC(C)=O)C(OC(C)=O)C1OC(C)=O. The lowest BCUT2D eigenvalue weighted by molar-refractivity contribution is -0.355. The average molecular weight is 965 g/mol. The Morgan fingerprint density at radius 2 is 0.657 bits per heavy atom. The third-order valence-corrected chi connectivity index (χ3v) is 9.34. The first-order chi connectivity index (χ1) is 31.3. The van der Waals surface area contributed by atoms with Gasteiger partial charge in [0.1, 0.15) is 43.6 Å². The molecule has 2 amide bonds. The van der Waals surface area contributed by atoms with E-state index < -0.39 is 177 Å². The minimum absolute atomic E-state index is 0.597. The van der Waals surface area contributed by atoms with E-state index in [0.717, 1.165) is 76.2 Å². The molecule has 0 aliphatic carbocycles. The fourth-order valence-corrected chi connectivity index (χ4v) is 7.26. The predicted molar refractivity (Wildman–Crippen MR) is 210 cm³/mol. The molecular formula is C40H56N2O25. The topological polar surface area (TPSA) is 341 Å². The average Bonchev–Trinajstić information content (AvgIpc) is 3.17. The summed E-state index contributed by atoms with van der Waals surface area (Å²) in [4.78, 5) is 137. The van der Waals surface area contributed by atoms with Gasteiger partial charge >= 0.3 is 53.7 Å². The lowest BCUT2D eigenvalue weighted by atomic mass is 9.94. The second kappa shape index (κ2) is 25.2. The zero-order valence-electron chi connectivity index (χ0n) is 38.5. The standard InChI is InChI=1S/C40H56N2O25/c1-15(43)41-29-34(60-22(8)50)31(57-19(5)47)26(12-54-17(3)45)64-38(29)56-14-28-33(59-21(7)49)36(62-24(10)52)37(40(66-28)63-25(11)53)67-39-30(42-16(2)44)35(61-23(9)51)32(58-20(6)48)27(65-39)13-55-18(4)46/h26-40H,12-14H2,1-11H3,(H,41,43)(H,42,44). The molecule has 376 valence electrons. The summed E-state index contributed by atoms with van der Waals surface area (Å²) in [6.45, 7) is 9.24. The molecule has 0 spiro atoms. The van der Waals surface area contributed by atoms with Crippen molar-refractivity contribution in [1.29, 1.82) is 0 Å². The van der Waals surface area contributed by atoms with E-state index >= 15 is 0 Å². The Hall–Kier alpha value is -6.03. The molecule has 27 nitrogen and oxygen atoms in total. The van der Waals surface area contributed by atoms with Crippen molar-refractivity contribution < 1.29 is 119 Å². The Balaban J connectivity index is 2.19. The van der Waals surface area contributed by atoms with Crippen molar-refractivity contribution in [2.24, 2.45) is 0 Å². The highest BCUT2D eigenvalue weighted by Gasteiger charge is 2.58. The predicted octanol–water partition coefficient (Wildman–Crippen LogP) is -2.15. The van der Waals surface area contributed by atoms with Gasteiger partial charge in [-0.1, -0.05) is 0 Å². The molecule has 2 N–H and O–H groups in total. The summed E-state index contributed by atoms with van der Waals surface area (Å²) in [6, 6.07) is -3.10. The van der Waals surface area contributed by atoms with Crippen molar-refractivity contribution in [2.45, 2.75) is 168 Å². The number of rotatable bonds is 18. The molecule has 67 heavy (non-hydrogen) atoms. The van der Waals surface area contributed by atoms with E-state index in [1.807, 2.05) is 0 Å². The van der Waals surface area contributed by atoms with Crippen molar-refractivity contribution in [3.63, 3.8) is 0 Å². The molecule has 3 aliphatic rings. The maximum atomic E-state index is 12.9. The Morgan fingerprint density at radius 3 is 1.03 bits per heavy atom. The van der Waals surface area contributed by atoms with Crippen LogP contribution in [0.15, 0.2) is 0 Å². The number of amides is 2. The highest BCUT2D eigenvalue weighted by atomic mass is 16.8. The van der Waals surface area contributed by atoms with E-state index in [1.54, 1.807) is 0 Å². The van der Waals surface area contributed by atoms with Crippen molar-refractivity contribution >= 4 is 65.5 Å². The van der Waals surface area contributed by atoms with Crippen molar-refractivity contribution in [3.8, 4) is 0 Å². The van der Waals surface area contributed by atoms with Crippen LogP contribution in [-0.2, 0) is 119 Å². The Bertz CT molecular complexity index is 1860. The van der Waals surface area contributed by atoms with Crippen molar-refractivity contribution in [3.05, 3.63) is 0 Å². The number of esters is 9. The molecule has 0 radical (unpaired) electrons. The van der Waals surface area contributed by atoms with Gasteiger partial charge in [0.25, 0.3) is 0 Å². The lowest BCUT2D eigenvalue weighted by Crippen LogP contribution is -2.69. The van der Waals surface area contributed by atoms with Crippen LogP contribution >= 0.6 is 0 Å². The molecule has 3 aliphatic heterocycles. The van der Waals surface area contributed by atoms with E-state index in [0.29, 0.717) is 0 Å². The summed E-state index contributed by atoms with van der Waals surface area (Å²) in [6.07, 6.45) is -22.0. The molecule has 15 atom stereocenters. The normalized spacial score (nSPS) is 31.2. The molecule has 3 heterocycles. The maximum Gasteiger partial charge on any atom is 0.305 e. The van der Waals surface area contributed by atoms with Crippen LogP contribution in [0.1, 0.15) is 76.2 Å². The molecule has 3 saturated heterocycles. The van der Waals surface area contributed by atoms with Gasteiger partial charge in [-0.25, -0.2) is 0 Å². The summed E-state index contributed by atoms with van der Waals surface area (Å²) < 4.78 is 79.6. The Kier molecular flexibility index (Phi) is 20.8. The molecule has 0 bridgehead atoms. The van der Waals surface area contributed by atoms with Gasteiger partial charge < -0.3 is 76.9 Å². The number of nitrogens with one attached hydrogen (secondary N) is 2. The number of ether oxygens (including phenoxy) is 14. The van der Waals surface area contributed by atoms with Crippen LogP contribution in [0.2, 0.25) is 0 Å². The zero-order valence-corrected chi connectivity index (χ0v) is 38.5. The monoisotopic (exact) mass is 964 g/mol. The lowest BCUT2D eigenvalue weighted by Gasteiger charge is -2.49. The van der Waals surface area contributed by atoms with E-state index in [-0.39, 0.29) is 0 Å². The summed E-state index contributed by atoms with van der Waals surface area (Å²) in [7, 11) is 0. The molecular weight excluding hydrogens is 908 g/mol. The molecule has 27 heteroatoms. The van der Waals surface area contributed by atoms with Gasteiger partial charge in [0.2, 0.25) is 18.1 Å². The van der Waals surface area contributed by atoms with Gasteiger partial charge in [-0.05, 0) is 0 Å². The van der Waals surface area contributed by atoms with Crippen LogP contribution in [0.25, 0.3) is 0 Å². The second-order valence-corrected chi connectivity index (χ2v) is 15.2. The molecule has 0 saturated carbocycles. The van der Waals surface area contributed by atoms with E-state index in [4.69, 9.17) is 66.3 Å². The Labute approximate surface area is 382 Å². The largest absolute Gasteiger partial charge is 0.463 e. The first-order valence-corrected chi connectivity index (χ1v) is 20.5. The highest BCUT2D eigenvalue weighted by molar-refractivity contribution is 5.74. The minimum atomic E-state index is -1.98. The quantitative estimate of drug-likeness (QED) is 0.109. The number of hydrogen-bond donors (Lipinski definition) is 2. The van der Waals surface area contributed by atoms with Crippen molar-refractivity contribution in [1.82, 2.24) is 10.6 Å². The summed E-state index contributed by atoms with van der Waals surface area (Å²) in [5, 5.41) is 5.01. The van der Waals surface area contributed by atoms with E-state index in [9.17, 15) is 52.7 Å². The van der Waals surface area contributed by atoms with Gasteiger partial charge in [-0.2, -0.15) is 0 Å². The fraction of sp³-hybridized carbons (Fsp3) is 0.725. The summed E-state index contributed by atoms with van der Waals surface area (Å²) in [5.41, 5.74) is 0. The second-order valence-electron chi connectivity index (χ2n) is 15.2. The number of carbonyl (C=O) groups excluding carboxylic acids is 11. The first kappa shape index (κ1) is 55.3. The minimum Gasteiger partial charge on any atom is -0.463 e. The number of hydrogen-bond acceptors (Lipinski definition) is 25. The summed E-state index contributed by atoms with van der Waals surface area (Å²) >= 11 is 0. The smallest absolute Gasteiger partial charge is 0.305 e. The van der Waals surface area contributed by atoms with E-state index in [1.165, 1.54) is 0 Å². The highest BCUT2D eigenvalue weighted by Crippen LogP contribution is 2.36. The van der Waals surface area contributed by atoms with Gasteiger partial charge in [-0.3, -0.25) is 52.7 Å². The van der Waals surface area contributed by atoms with Gasteiger partial charge in [0, 0.05) is 76.2 Å². The van der Waals surface area contributed by atoms with Crippen LogP contribution in [0, 0.1) is 0 Å². The molecule has 0 aromatic rings. The van der Waals surface area contributed by atoms with E-state index in [2.05, 4.69) is 10.6 Å². The zero-order chi connectivity index (χ0) is 50.4. The fourth-order valence-electron chi connectivity index (χ4n) is 7.26. The molecule has 15 unspecified atom stereocenters. The molecule has 3 fully saturated rings. The number of carbonyl (C=O) groups is 11. The van der Waals surface area contributed by atoms with Gasteiger partial charge in [0.05, 0.1) is 6.61 Å². The third kappa shape index (κ3) is 17.0. The first-order valence-electron chi connectivity index (χ1n) is 20.5. The summed E-state index contributed by atoms with van der Waals surface area (Å²) in [5.74, 6) is -9.78. The molecule has 0 aromatic heterocycles. The molecule has 0 aromatic carbocycles. The maximum absolute atomic E-state index is 12.9. The molecule has 3 rings (SSSR count). The van der Waals surface area contributed by atoms with Gasteiger partial charge in [0.15, 0.2) is 55.3 Å². The van der Waals surface area contributed by atoms with Crippen LogP contribution in [0.5, 0.6) is 0 Å².